The quantitative estimate of drug-likeness (QED) is 0.626. The molecule has 0 N–H and O–H groups in total. The predicted octanol–water partition coefficient (Wildman–Crippen LogP) is 3.44. The van der Waals surface area contributed by atoms with E-state index in [0.29, 0.717) is 24.9 Å². The highest BCUT2D eigenvalue weighted by molar-refractivity contribution is 5.79. The molecule has 2 aliphatic rings. The Hall–Kier alpha value is -3.42. The maximum absolute atomic E-state index is 13.2. The molecular formula is C24H26FN5O2. The molecule has 2 saturated heterocycles. The molecule has 3 heterocycles. The Morgan fingerprint density at radius 1 is 0.875 bits per heavy atom. The lowest BCUT2D eigenvalue weighted by atomic mass is 9.95. The SMILES string of the molecule is O=C(C1CCN(c2nc(-c3ccccc3)no2)CC1)N1CCN(c2ccc(F)cc2)CC1. The lowest BCUT2D eigenvalue weighted by Gasteiger charge is -2.39. The van der Waals surface area contributed by atoms with Crippen molar-refractivity contribution >= 4 is 17.6 Å². The van der Waals surface area contributed by atoms with Gasteiger partial charge in [0.05, 0.1) is 0 Å². The molecule has 0 atom stereocenters. The number of anilines is 2. The Bertz CT molecular complexity index is 1040. The van der Waals surface area contributed by atoms with Crippen LogP contribution >= 0.6 is 0 Å². The first kappa shape index (κ1) is 20.5. The summed E-state index contributed by atoms with van der Waals surface area (Å²) in [6.07, 6.45) is 1.56. The van der Waals surface area contributed by atoms with Crippen molar-refractivity contribution in [3.05, 3.63) is 60.4 Å². The van der Waals surface area contributed by atoms with Crippen molar-refractivity contribution in [2.75, 3.05) is 49.1 Å². The fourth-order valence-electron chi connectivity index (χ4n) is 4.46. The molecular weight excluding hydrogens is 409 g/mol. The van der Waals surface area contributed by atoms with Crippen LogP contribution in [-0.2, 0) is 4.79 Å². The second-order valence-electron chi connectivity index (χ2n) is 8.32. The molecule has 32 heavy (non-hydrogen) atoms. The third kappa shape index (κ3) is 4.30. The van der Waals surface area contributed by atoms with Crippen LogP contribution in [0.25, 0.3) is 11.4 Å². The van der Waals surface area contributed by atoms with E-state index in [2.05, 4.69) is 19.9 Å². The smallest absolute Gasteiger partial charge is 0.324 e. The number of aromatic nitrogens is 2. The van der Waals surface area contributed by atoms with Crippen molar-refractivity contribution in [2.24, 2.45) is 5.92 Å². The van der Waals surface area contributed by atoms with E-state index in [1.165, 1.54) is 12.1 Å². The number of piperazine rings is 1. The number of piperidine rings is 1. The third-order valence-corrected chi connectivity index (χ3v) is 6.35. The minimum Gasteiger partial charge on any atom is -0.368 e. The number of amides is 1. The molecule has 0 aliphatic carbocycles. The highest BCUT2D eigenvalue weighted by Crippen LogP contribution is 2.26. The molecule has 2 fully saturated rings. The molecule has 0 unspecified atom stereocenters. The van der Waals surface area contributed by atoms with Crippen LogP contribution in [0.4, 0.5) is 16.1 Å². The average molecular weight is 436 g/mol. The summed E-state index contributed by atoms with van der Waals surface area (Å²) in [5.41, 5.74) is 1.92. The van der Waals surface area contributed by atoms with Crippen LogP contribution in [0.3, 0.4) is 0 Å². The molecule has 0 radical (unpaired) electrons. The van der Waals surface area contributed by atoms with Crippen molar-refractivity contribution < 1.29 is 13.7 Å². The fourth-order valence-corrected chi connectivity index (χ4v) is 4.46. The molecule has 0 bridgehead atoms. The third-order valence-electron chi connectivity index (χ3n) is 6.35. The van der Waals surface area contributed by atoms with Crippen LogP contribution in [0.5, 0.6) is 0 Å². The van der Waals surface area contributed by atoms with Crippen LogP contribution in [0.15, 0.2) is 59.1 Å². The van der Waals surface area contributed by atoms with Crippen LogP contribution < -0.4 is 9.80 Å². The molecule has 166 valence electrons. The number of carbonyl (C=O) groups is 1. The highest BCUT2D eigenvalue weighted by Gasteiger charge is 2.32. The lowest BCUT2D eigenvalue weighted by molar-refractivity contribution is -0.136. The Labute approximate surface area is 186 Å². The number of nitrogens with zero attached hydrogens (tertiary/aromatic N) is 5. The topological polar surface area (TPSA) is 65.7 Å². The zero-order chi connectivity index (χ0) is 21.9. The van der Waals surface area contributed by atoms with Gasteiger partial charge >= 0.3 is 6.01 Å². The van der Waals surface area contributed by atoms with Crippen LogP contribution in [0, 0.1) is 11.7 Å². The molecule has 2 aliphatic heterocycles. The van der Waals surface area contributed by atoms with E-state index in [9.17, 15) is 9.18 Å². The standard InChI is InChI=1S/C24H26FN5O2/c25-20-6-8-21(9-7-20)28-14-16-29(17-15-28)23(31)19-10-12-30(13-11-19)24-26-22(27-32-24)18-4-2-1-3-5-18/h1-9,19H,10-17H2. The van der Waals surface area contributed by atoms with Gasteiger partial charge in [-0.05, 0) is 37.1 Å². The van der Waals surface area contributed by atoms with Gasteiger partial charge in [0.1, 0.15) is 5.82 Å². The van der Waals surface area contributed by atoms with Crippen molar-refractivity contribution in [2.45, 2.75) is 12.8 Å². The van der Waals surface area contributed by atoms with Crippen LogP contribution in [-0.4, -0.2) is 60.2 Å². The van der Waals surface area contributed by atoms with Crippen molar-refractivity contribution in [1.29, 1.82) is 0 Å². The van der Waals surface area contributed by atoms with E-state index < -0.39 is 0 Å². The maximum atomic E-state index is 13.2. The fraction of sp³-hybridized carbons (Fsp3) is 0.375. The van der Waals surface area contributed by atoms with Gasteiger partial charge in [0.25, 0.3) is 0 Å². The van der Waals surface area contributed by atoms with Gasteiger partial charge in [-0.15, -0.1) is 0 Å². The lowest BCUT2D eigenvalue weighted by Crippen LogP contribution is -2.51. The van der Waals surface area contributed by atoms with Crippen LogP contribution in [0.1, 0.15) is 12.8 Å². The molecule has 0 saturated carbocycles. The van der Waals surface area contributed by atoms with E-state index in [1.54, 1.807) is 12.1 Å². The van der Waals surface area contributed by atoms with Crippen molar-refractivity contribution in [3.63, 3.8) is 0 Å². The van der Waals surface area contributed by atoms with Gasteiger partial charge in [-0.3, -0.25) is 4.79 Å². The maximum Gasteiger partial charge on any atom is 0.324 e. The molecule has 3 aromatic rings. The van der Waals surface area contributed by atoms with Crippen LogP contribution in [0.2, 0.25) is 0 Å². The summed E-state index contributed by atoms with van der Waals surface area (Å²) < 4.78 is 18.6. The molecule has 1 aromatic heterocycles. The molecule has 2 aromatic carbocycles. The Morgan fingerprint density at radius 3 is 2.25 bits per heavy atom. The highest BCUT2D eigenvalue weighted by atomic mass is 19.1. The zero-order valence-corrected chi connectivity index (χ0v) is 17.9. The number of carbonyl (C=O) groups excluding carboxylic acids is 1. The summed E-state index contributed by atoms with van der Waals surface area (Å²) in [7, 11) is 0. The van der Waals surface area contributed by atoms with Gasteiger partial charge in [-0.25, -0.2) is 4.39 Å². The second-order valence-corrected chi connectivity index (χ2v) is 8.32. The van der Waals surface area contributed by atoms with Gasteiger partial charge in [0, 0.05) is 56.4 Å². The molecule has 8 heteroatoms. The zero-order valence-electron chi connectivity index (χ0n) is 17.9. The minimum absolute atomic E-state index is 0.0279. The van der Waals surface area contributed by atoms with E-state index >= 15 is 0 Å². The summed E-state index contributed by atoms with van der Waals surface area (Å²) in [5.74, 6) is 0.614. The number of halogens is 1. The molecule has 1 amide bonds. The number of benzene rings is 2. The summed E-state index contributed by atoms with van der Waals surface area (Å²) in [6, 6.07) is 16.8. The Balaban J connectivity index is 1.13. The van der Waals surface area contributed by atoms with Gasteiger partial charge < -0.3 is 19.2 Å². The summed E-state index contributed by atoms with van der Waals surface area (Å²) >= 11 is 0. The Morgan fingerprint density at radius 2 is 1.56 bits per heavy atom. The molecule has 5 rings (SSSR count). The predicted molar refractivity (Wildman–Crippen MR) is 120 cm³/mol. The number of hydrogen-bond donors (Lipinski definition) is 0. The second kappa shape index (κ2) is 8.98. The summed E-state index contributed by atoms with van der Waals surface area (Å²) in [5, 5.41) is 4.10. The van der Waals surface area contributed by atoms with Crippen molar-refractivity contribution in [3.8, 4) is 11.4 Å². The molecule has 7 nitrogen and oxygen atoms in total. The van der Waals surface area contributed by atoms with E-state index in [4.69, 9.17) is 4.52 Å². The summed E-state index contributed by atoms with van der Waals surface area (Å²) in [4.78, 5) is 23.8. The first-order valence-electron chi connectivity index (χ1n) is 11.1. The molecule has 0 spiro atoms. The first-order chi connectivity index (χ1) is 15.7. The summed E-state index contributed by atoms with van der Waals surface area (Å²) in [6.45, 7) is 4.37. The van der Waals surface area contributed by atoms with E-state index in [0.717, 1.165) is 50.3 Å². The average Bonchev–Trinajstić information content (AvgIpc) is 3.35. The minimum atomic E-state index is -0.231. The van der Waals surface area contributed by atoms with E-state index in [1.807, 2.05) is 35.2 Å². The Kier molecular flexibility index (Phi) is 5.75. The van der Waals surface area contributed by atoms with Gasteiger partial charge in [0.15, 0.2) is 0 Å². The normalized spacial score (nSPS) is 17.6. The van der Waals surface area contributed by atoms with E-state index in [-0.39, 0.29) is 17.6 Å². The monoisotopic (exact) mass is 435 g/mol. The van der Waals surface area contributed by atoms with Gasteiger partial charge in [0.2, 0.25) is 11.7 Å². The van der Waals surface area contributed by atoms with Crippen molar-refractivity contribution in [1.82, 2.24) is 15.0 Å². The first-order valence-corrected chi connectivity index (χ1v) is 11.1. The largest absolute Gasteiger partial charge is 0.368 e. The van der Waals surface area contributed by atoms with Gasteiger partial charge in [-0.2, -0.15) is 4.98 Å². The number of rotatable bonds is 4. The van der Waals surface area contributed by atoms with Gasteiger partial charge in [-0.1, -0.05) is 35.5 Å². The number of hydrogen-bond acceptors (Lipinski definition) is 6.